The van der Waals surface area contributed by atoms with Gasteiger partial charge in [-0.1, -0.05) is 20.8 Å². The number of nitrogens with zero attached hydrogens (tertiary/aromatic N) is 3. The molecule has 0 aromatic heterocycles. The number of carbonyl (C=O) groups is 1. The van der Waals surface area contributed by atoms with E-state index in [1.54, 1.807) is 38.1 Å². The molecule has 4 aliphatic rings. The molecule has 1 spiro atoms. The molecule has 14 atom stereocenters. The Bertz CT molecular complexity index is 1960. The van der Waals surface area contributed by atoms with Crippen molar-refractivity contribution >= 4 is 21.5 Å². The molecule has 0 radical (unpaired) electrons. The van der Waals surface area contributed by atoms with Crippen LogP contribution in [0.3, 0.4) is 0 Å². The molecule has 3 N–H and O–H groups in total. The molecule has 2 aromatic carbocycles. The number of likely N-dealkylation sites (N-methyl/N-ethyl adjacent to an activating group) is 2. The summed E-state index contributed by atoms with van der Waals surface area (Å²) in [5.41, 5.74) is -2.04. The molecule has 6 rings (SSSR count). The Labute approximate surface area is 373 Å². The molecule has 354 valence electrons. The van der Waals surface area contributed by atoms with Crippen LogP contribution >= 0.6 is 0 Å². The number of cyclic esters (lactones) is 1. The van der Waals surface area contributed by atoms with Gasteiger partial charge in [0.15, 0.2) is 12.1 Å². The number of ether oxygens (including phenoxy) is 5. The lowest BCUT2D eigenvalue weighted by molar-refractivity contribution is -0.328. The zero-order valence-corrected chi connectivity index (χ0v) is 39.8. The van der Waals surface area contributed by atoms with E-state index in [1.807, 2.05) is 58.6 Å². The Morgan fingerprint density at radius 3 is 2.11 bits per heavy atom. The number of aliphatic hydroxyl groups is 3. The molecular weight excluding hydrogens is 834 g/mol. The number of rotatable bonds is 7. The highest BCUT2D eigenvalue weighted by Crippen LogP contribution is 2.48. The van der Waals surface area contributed by atoms with Crippen LogP contribution in [0.4, 0.5) is 10.1 Å². The minimum atomic E-state index is -3.87. The number of hydrogen-bond donors (Lipinski definition) is 3. The van der Waals surface area contributed by atoms with Gasteiger partial charge in [-0.2, -0.15) is 0 Å². The molecule has 4 heterocycles. The molecule has 0 saturated carbocycles. The van der Waals surface area contributed by atoms with Gasteiger partial charge in [-0.3, -0.25) is 4.79 Å². The van der Waals surface area contributed by atoms with Gasteiger partial charge in [-0.25, -0.2) is 12.8 Å². The summed E-state index contributed by atoms with van der Waals surface area (Å²) in [6.07, 6.45) is -4.00. The van der Waals surface area contributed by atoms with Crippen molar-refractivity contribution in [1.82, 2.24) is 9.80 Å². The van der Waals surface area contributed by atoms with E-state index in [0.717, 1.165) is 17.8 Å². The predicted octanol–water partition coefficient (Wildman–Crippen LogP) is 5.01. The summed E-state index contributed by atoms with van der Waals surface area (Å²) in [5.74, 6) is -3.79. The van der Waals surface area contributed by atoms with Crippen molar-refractivity contribution in [3.63, 3.8) is 0 Å². The molecule has 0 amide bonds. The Morgan fingerprint density at radius 1 is 0.952 bits per heavy atom. The topological polar surface area (TPSA) is 168 Å². The minimum absolute atomic E-state index is 0.00358. The smallest absolute Gasteiger partial charge is 0.311 e. The largest absolute Gasteiger partial charge is 0.459 e. The second kappa shape index (κ2) is 19.2. The highest BCUT2D eigenvalue weighted by Gasteiger charge is 2.58. The van der Waals surface area contributed by atoms with E-state index in [0.29, 0.717) is 45.3 Å². The van der Waals surface area contributed by atoms with E-state index in [4.69, 9.17) is 23.7 Å². The normalized spacial score (nSPS) is 38.8. The zero-order valence-electron chi connectivity index (χ0n) is 38.9. The van der Waals surface area contributed by atoms with Crippen molar-refractivity contribution in [2.45, 2.75) is 169 Å². The number of aliphatic hydroxyl groups excluding tert-OH is 2. The van der Waals surface area contributed by atoms with Gasteiger partial charge in [0, 0.05) is 56.2 Å². The summed E-state index contributed by atoms with van der Waals surface area (Å²) in [7, 11) is 1.88. The maximum atomic E-state index is 14.4. The summed E-state index contributed by atoms with van der Waals surface area (Å²) < 4.78 is 74.5. The average Bonchev–Trinajstić information content (AvgIpc) is 3.31. The Morgan fingerprint density at radius 2 is 1.54 bits per heavy atom. The maximum Gasteiger partial charge on any atom is 0.311 e. The number of halogens is 1. The number of fused-ring (bicyclic) bond motifs is 3. The molecule has 14 nitrogen and oxygen atoms in total. The third-order valence-electron chi connectivity index (χ3n) is 14.3. The number of benzene rings is 2. The van der Waals surface area contributed by atoms with E-state index in [1.165, 1.54) is 19.1 Å². The monoisotopic (exact) mass is 905 g/mol. The number of anilines is 1. The molecule has 2 bridgehead atoms. The van der Waals surface area contributed by atoms with Crippen LogP contribution in [-0.2, 0) is 38.3 Å². The van der Waals surface area contributed by atoms with Crippen LogP contribution in [0.2, 0.25) is 0 Å². The van der Waals surface area contributed by atoms with Gasteiger partial charge in [0.25, 0.3) is 0 Å². The molecule has 63 heavy (non-hydrogen) atoms. The highest BCUT2D eigenvalue weighted by molar-refractivity contribution is 7.91. The minimum Gasteiger partial charge on any atom is -0.459 e. The Balaban J connectivity index is 1.38. The summed E-state index contributed by atoms with van der Waals surface area (Å²) in [5, 5.41) is 35.2. The maximum absolute atomic E-state index is 14.4. The van der Waals surface area contributed by atoms with Gasteiger partial charge in [0.05, 0.1) is 39.6 Å². The first kappa shape index (κ1) is 49.7. The van der Waals surface area contributed by atoms with Crippen LogP contribution in [0.5, 0.6) is 0 Å². The molecular formula is C47H72FN3O11S. The average molecular weight is 906 g/mol. The quantitative estimate of drug-likeness (QED) is 0.251. The summed E-state index contributed by atoms with van der Waals surface area (Å²) in [6.45, 7) is 16.4. The Hall–Kier alpha value is -2.77. The zero-order chi connectivity index (χ0) is 46.4. The van der Waals surface area contributed by atoms with Gasteiger partial charge in [0.2, 0.25) is 9.84 Å². The lowest BCUT2D eigenvalue weighted by atomic mass is 9.78. The third-order valence-corrected chi connectivity index (χ3v) is 16.1. The lowest BCUT2D eigenvalue weighted by Crippen LogP contribution is -2.60. The molecule has 0 aliphatic carbocycles. The number of piperidine rings is 1. The summed E-state index contributed by atoms with van der Waals surface area (Å²) >= 11 is 0. The summed E-state index contributed by atoms with van der Waals surface area (Å²) in [6, 6.07) is 10.6. The van der Waals surface area contributed by atoms with Crippen molar-refractivity contribution in [2.24, 2.45) is 17.8 Å². The molecule has 4 fully saturated rings. The fraction of sp³-hybridized carbons (Fsp3) is 0.723. The number of hydrogen-bond acceptors (Lipinski definition) is 14. The van der Waals surface area contributed by atoms with E-state index < -0.39 is 93.3 Å². The Kier molecular flexibility index (Phi) is 15.1. The van der Waals surface area contributed by atoms with Gasteiger partial charge in [-0.15, -0.1) is 0 Å². The van der Waals surface area contributed by atoms with Crippen molar-refractivity contribution in [3.05, 3.63) is 54.3 Å². The van der Waals surface area contributed by atoms with Crippen LogP contribution in [0.15, 0.2) is 58.3 Å². The van der Waals surface area contributed by atoms with Crippen LogP contribution in [0.25, 0.3) is 0 Å². The van der Waals surface area contributed by atoms with E-state index in [2.05, 4.69) is 11.8 Å². The molecule has 4 aliphatic heterocycles. The van der Waals surface area contributed by atoms with Gasteiger partial charge in [-0.05, 0) is 129 Å². The fourth-order valence-electron chi connectivity index (χ4n) is 10.6. The second-order valence-corrected chi connectivity index (χ2v) is 21.6. The first-order valence-corrected chi connectivity index (χ1v) is 24.1. The standard InChI is InChI=1S/C47H72FN3O11S/c1-12-38-46(8,55)41(53)32(6)50(11)27-28(2)26-45(7)42(60-44-39(52)37(49(9)10)25-29(3)58-44)30(4)40(31(5)43(54)59-38)61-47(62-45)21-23-51(24-22-47)34-15-19-36(20-16-34)63(56,57)35-17-13-33(48)14-18-35/h13-20,28-32,37-42,44,52-53,55H,12,21-27H2,1-11H3/t28-,29-,30+,31-,32-,37?,38-,39-,40+,41-,42-,44+,45-,46-/m1/s1. The fourth-order valence-corrected chi connectivity index (χ4v) is 11.9. The van der Waals surface area contributed by atoms with E-state index in [9.17, 15) is 32.9 Å². The number of esters is 1. The van der Waals surface area contributed by atoms with Crippen LogP contribution in [-0.4, -0.2) is 152 Å². The molecule has 1 unspecified atom stereocenters. The molecule has 2 aromatic rings. The first-order chi connectivity index (χ1) is 29.4. The SMILES string of the molecule is CC[C@H]1OC(=O)[C@H](C)[C@H]2OC3(CCN(c4ccc(S(=O)(=O)c5ccc(F)cc5)cc4)CC3)O[C@](C)(C[C@@H](C)CN(C)[C@H](C)[C@@H](O)[C@]1(C)O)[C@H](O[C@@H]1O[C@H](C)CC(N(C)C)[C@H]1O)[C@H]2C. The molecule has 4 saturated heterocycles. The van der Waals surface area contributed by atoms with Gasteiger partial charge >= 0.3 is 5.97 Å². The van der Waals surface area contributed by atoms with Crippen LogP contribution in [0, 0.1) is 23.6 Å². The van der Waals surface area contributed by atoms with Crippen molar-refractivity contribution in [3.8, 4) is 0 Å². The van der Waals surface area contributed by atoms with Crippen molar-refractivity contribution in [1.29, 1.82) is 0 Å². The van der Waals surface area contributed by atoms with Crippen molar-refractivity contribution in [2.75, 3.05) is 45.7 Å². The molecule has 16 heteroatoms. The first-order valence-electron chi connectivity index (χ1n) is 22.6. The van der Waals surface area contributed by atoms with E-state index in [-0.39, 0.29) is 34.3 Å². The number of carbonyl (C=O) groups excluding carboxylic acids is 1. The van der Waals surface area contributed by atoms with Crippen LogP contribution < -0.4 is 4.90 Å². The number of sulfone groups is 1. The second-order valence-electron chi connectivity index (χ2n) is 19.6. The van der Waals surface area contributed by atoms with Crippen molar-refractivity contribution < 1.29 is 56.6 Å². The van der Waals surface area contributed by atoms with E-state index >= 15 is 0 Å². The third kappa shape index (κ3) is 10.3. The van der Waals surface area contributed by atoms with Crippen LogP contribution in [0.1, 0.15) is 87.5 Å². The predicted molar refractivity (Wildman–Crippen MR) is 235 cm³/mol. The van der Waals surface area contributed by atoms with Gasteiger partial charge in [0.1, 0.15) is 29.7 Å². The highest BCUT2D eigenvalue weighted by atomic mass is 32.2. The lowest BCUT2D eigenvalue weighted by Gasteiger charge is -2.49. The summed E-state index contributed by atoms with van der Waals surface area (Å²) in [4.78, 5) is 20.6. The van der Waals surface area contributed by atoms with Gasteiger partial charge < -0.3 is 53.7 Å².